The van der Waals surface area contributed by atoms with E-state index in [1.807, 2.05) is 42.6 Å². The third-order valence-corrected chi connectivity index (χ3v) is 5.34. The van der Waals surface area contributed by atoms with Gasteiger partial charge in [-0.05, 0) is 30.5 Å². The summed E-state index contributed by atoms with van der Waals surface area (Å²) in [6.45, 7) is 1.85. The molecule has 3 heterocycles. The maximum atomic E-state index is 12.2. The topological polar surface area (TPSA) is 80.9 Å². The van der Waals surface area contributed by atoms with Crippen LogP contribution in [0.1, 0.15) is 16.1 Å². The number of benzene rings is 1. The number of anilines is 1. The number of hydrogen-bond acceptors (Lipinski definition) is 7. The van der Waals surface area contributed by atoms with Gasteiger partial charge in [-0.25, -0.2) is 4.98 Å². The number of thiophene rings is 1. The van der Waals surface area contributed by atoms with E-state index >= 15 is 0 Å². The fraction of sp³-hybridized carbons (Fsp3) is 0.0588. The lowest BCUT2D eigenvalue weighted by Gasteiger charge is -2.00. The minimum Gasteiger partial charge on any atom is -0.333 e. The van der Waals surface area contributed by atoms with Crippen molar-refractivity contribution < 1.29 is 9.32 Å². The van der Waals surface area contributed by atoms with Crippen LogP contribution in [0.2, 0.25) is 0 Å². The highest BCUT2D eigenvalue weighted by Gasteiger charge is 2.18. The first-order valence-electron chi connectivity index (χ1n) is 7.42. The third kappa shape index (κ3) is 3.21. The van der Waals surface area contributed by atoms with Crippen molar-refractivity contribution in [3.05, 3.63) is 59.1 Å². The Labute approximate surface area is 151 Å². The zero-order chi connectivity index (χ0) is 17.2. The van der Waals surface area contributed by atoms with Crippen molar-refractivity contribution >= 4 is 33.7 Å². The van der Waals surface area contributed by atoms with Gasteiger partial charge in [0.1, 0.15) is 4.88 Å². The fourth-order valence-electron chi connectivity index (χ4n) is 2.23. The minimum absolute atomic E-state index is 0.203. The molecular formula is C17H12N4O2S2. The summed E-state index contributed by atoms with van der Waals surface area (Å²) in [5.74, 6) is 0.747. The molecular weight excluding hydrogens is 356 g/mol. The van der Waals surface area contributed by atoms with Crippen LogP contribution in [0.3, 0.4) is 0 Å². The molecule has 1 aromatic carbocycles. The molecule has 25 heavy (non-hydrogen) atoms. The van der Waals surface area contributed by atoms with Gasteiger partial charge < -0.3 is 4.52 Å². The van der Waals surface area contributed by atoms with E-state index in [-0.39, 0.29) is 5.91 Å². The number of nitrogens with one attached hydrogen (secondary N) is 1. The van der Waals surface area contributed by atoms with E-state index in [4.69, 9.17) is 4.52 Å². The number of aromatic nitrogens is 3. The normalized spacial score (nSPS) is 10.8. The Kier molecular flexibility index (Phi) is 4.12. The highest BCUT2D eigenvalue weighted by Crippen LogP contribution is 2.33. The first-order valence-corrected chi connectivity index (χ1v) is 9.12. The Morgan fingerprint density at radius 1 is 1.12 bits per heavy atom. The van der Waals surface area contributed by atoms with Crippen LogP contribution in [0.25, 0.3) is 21.5 Å². The number of amides is 1. The van der Waals surface area contributed by atoms with Crippen LogP contribution in [0, 0.1) is 6.92 Å². The number of carbonyl (C=O) groups excluding carboxylic acids is 1. The number of aryl methyl sites for hydroxylation is 1. The van der Waals surface area contributed by atoms with Gasteiger partial charge in [-0.2, -0.15) is 4.98 Å². The van der Waals surface area contributed by atoms with Crippen LogP contribution in [-0.4, -0.2) is 21.0 Å². The Hall–Kier alpha value is -2.84. The van der Waals surface area contributed by atoms with Crippen molar-refractivity contribution in [2.45, 2.75) is 6.92 Å². The standard InChI is InChI=1S/C17H12N4O2S2/c1-10-13(16-19-14(21-23-16)12-8-5-9-24-12)25-17(18-10)20-15(22)11-6-3-2-4-7-11/h2-9H,1H3,(H,18,20,22). The van der Waals surface area contributed by atoms with Gasteiger partial charge in [-0.15, -0.1) is 11.3 Å². The molecule has 1 N–H and O–H groups in total. The molecule has 0 atom stereocenters. The average molecular weight is 368 g/mol. The van der Waals surface area contributed by atoms with Gasteiger partial charge in [0.2, 0.25) is 5.82 Å². The summed E-state index contributed by atoms with van der Waals surface area (Å²) in [5, 5.41) is 9.27. The van der Waals surface area contributed by atoms with Crippen LogP contribution in [0.4, 0.5) is 5.13 Å². The maximum absolute atomic E-state index is 12.2. The van der Waals surface area contributed by atoms with E-state index in [0.717, 1.165) is 15.4 Å². The van der Waals surface area contributed by atoms with Crippen molar-refractivity contribution in [1.29, 1.82) is 0 Å². The lowest BCUT2D eigenvalue weighted by molar-refractivity contribution is 0.102. The van der Waals surface area contributed by atoms with Crippen molar-refractivity contribution in [3.8, 4) is 21.5 Å². The zero-order valence-corrected chi connectivity index (χ0v) is 14.7. The number of thiazole rings is 1. The van der Waals surface area contributed by atoms with Crippen LogP contribution >= 0.6 is 22.7 Å². The third-order valence-electron chi connectivity index (χ3n) is 3.41. The zero-order valence-electron chi connectivity index (χ0n) is 13.1. The Morgan fingerprint density at radius 2 is 1.96 bits per heavy atom. The van der Waals surface area contributed by atoms with Crippen molar-refractivity contribution in [1.82, 2.24) is 15.1 Å². The highest BCUT2D eigenvalue weighted by atomic mass is 32.1. The molecule has 3 aromatic heterocycles. The van der Waals surface area contributed by atoms with Gasteiger partial charge in [0.25, 0.3) is 11.8 Å². The van der Waals surface area contributed by atoms with E-state index in [2.05, 4.69) is 20.4 Å². The molecule has 0 unspecified atom stereocenters. The van der Waals surface area contributed by atoms with Gasteiger partial charge in [0.05, 0.1) is 10.6 Å². The molecule has 6 nitrogen and oxygen atoms in total. The molecule has 8 heteroatoms. The van der Waals surface area contributed by atoms with Crippen LogP contribution in [0.15, 0.2) is 52.4 Å². The summed E-state index contributed by atoms with van der Waals surface area (Å²) in [4.78, 5) is 22.7. The lowest BCUT2D eigenvalue weighted by Crippen LogP contribution is -2.11. The highest BCUT2D eigenvalue weighted by molar-refractivity contribution is 7.19. The van der Waals surface area contributed by atoms with Gasteiger partial charge in [0, 0.05) is 5.56 Å². The largest absolute Gasteiger partial charge is 0.333 e. The smallest absolute Gasteiger partial charge is 0.270 e. The average Bonchev–Trinajstić information content (AvgIpc) is 3.35. The first-order chi connectivity index (χ1) is 12.2. The fourth-order valence-corrected chi connectivity index (χ4v) is 3.76. The molecule has 124 valence electrons. The van der Waals surface area contributed by atoms with E-state index in [0.29, 0.717) is 22.4 Å². The number of nitrogens with zero attached hydrogens (tertiary/aromatic N) is 3. The molecule has 4 rings (SSSR count). The number of rotatable bonds is 4. The number of hydrogen-bond donors (Lipinski definition) is 1. The van der Waals surface area contributed by atoms with E-state index in [1.165, 1.54) is 11.3 Å². The summed E-state index contributed by atoms with van der Waals surface area (Å²) in [6.07, 6.45) is 0. The lowest BCUT2D eigenvalue weighted by atomic mass is 10.2. The maximum Gasteiger partial charge on any atom is 0.270 e. The molecule has 0 aliphatic rings. The molecule has 0 saturated carbocycles. The van der Waals surface area contributed by atoms with Crippen molar-refractivity contribution in [2.75, 3.05) is 5.32 Å². The second kappa shape index (κ2) is 6.58. The molecule has 0 aliphatic carbocycles. The Bertz CT molecular complexity index is 1010. The Morgan fingerprint density at radius 3 is 2.72 bits per heavy atom. The second-order valence-corrected chi connectivity index (χ2v) is 7.10. The molecule has 0 spiro atoms. The summed E-state index contributed by atoms with van der Waals surface area (Å²) in [6, 6.07) is 12.9. The van der Waals surface area contributed by atoms with Gasteiger partial charge in [0.15, 0.2) is 5.13 Å². The van der Waals surface area contributed by atoms with Crippen molar-refractivity contribution in [2.24, 2.45) is 0 Å². The van der Waals surface area contributed by atoms with E-state index in [9.17, 15) is 4.79 Å². The molecule has 0 fully saturated rings. The molecule has 0 radical (unpaired) electrons. The van der Waals surface area contributed by atoms with Crippen LogP contribution < -0.4 is 5.32 Å². The van der Waals surface area contributed by atoms with Gasteiger partial charge in [-0.1, -0.05) is 40.8 Å². The molecule has 0 aliphatic heterocycles. The first kappa shape index (κ1) is 15.7. The molecule has 0 bridgehead atoms. The SMILES string of the molecule is Cc1nc(NC(=O)c2ccccc2)sc1-c1nc(-c2cccs2)no1. The Balaban J connectivity index is 1.57. The molecule has 1 amide bonds. The predicted octanol–water partition coefficient (Wildman–Crippen LogP) is 4.48. The minimum atomic E-state index is -0.203. The van der Waals surface area contributed by atoms with Crippen LogP contribution in [0.5, 0.6) is 0 Å². The van der Waals surface area contributed by atoms with Gasteiger partial charge in [-0.3, -0.25) is 10.1 Å². The molecule has 0 saturated heterocycles. The summed E-state index contributed by atoms with van der Waals surface area (Å²) in [7, 11) is 0. The quantitative estimate of drug-likeness (QED) is 0.574. The summed E-state index contributed by atoms with van der Waals surface area (Å²) >= 11 is 2.86. The predicted molar refractivity (Wildman–Crippen MR) is 97.9 cm³/mol. The summed E-state index contributed by atoms with van der Waals surface area (Å²) in [5.41, 5.74) is 1.31. The number of carbonyl (C=O) groups is 1. The second-order valence-electron chi connectivity index (χ2n) is 5.15. The van der Waals surface area contributed by atoms with Crippen molar-refractivity contribution in [3.63, 3.8) is 0 Å². The van der Waals surface area contributed by atoms with E-state index in [1.54, 1.807) is 23.5 Å². The van der Waals surface area contributed by atoms with Crippen LogP contribution in [-0.2, 0) is 0 Å². The monoisotopic (exact) mass is 368 g/mol. The van der Waals surface area contributed by atoms with Gasteiger partial charge >= 0.3 is 0 Å². The summed E-state index contributed by atoms with van der Waals surface area (Å²) < 4.78 is 5.36. The van der Waals surface area contributed by atoms with E-state index < -0.39 is 0 Å². The molecule has 4 aromatic rings.